The third-order valence-corrected chi connectivity index (χ3v) is 2.73. The summed E-state index contributed by atoms with van der Waals surface area (Å²) in [5, 5.41) is 6.85. The van der Waals surface area contributed by atoms with Gasteiger partial charge >= 0.3 is 0 Å². The monoisotopic (exact) mass is 184 g/mol. The largest absolute Gasteiger partial charge is 0.365 e. The van der Waals surface area contributed by atoms with E-state index in [-0.39, 0.29) is 6.17 Å². The number of fused-ring (bicyclic) bond motifs is 3. The molecule has 2 aliphatic heterocycles. The van der Waals surface area contributed by atoms with Gasteiger partial charge in [-0.1, -0.05) is 24.3 Å². The fourth-order valence-electron chi connectivity index (χ4n) is 2.04. The van der Waals surface area contributed by atoms with E-state index in [1.165, 1.54) is 22.5 Å². The van der Waals surface area contributed by atoms with E-state index >= 15 is 0 Å². The molecule has 2 heterocycles. The Kier molecular flexibility index (Phi) is 1.45. The van der Waals surface area contributed by atoms with E-state index in [9.17, 15) is 0 Å². The molecule has 0 radical (unpaired) electrons. The highest BCUT2D eigenvalue weighted by Gasteiger charge is 2.26. The van der Waals surface area contributed by atoms with E-state index in [0.717, 1.165) is 0 Å². The van der Waals surface area contributed by atoms with Crippen molar-refractivity contribution in [1.82, 2.24) is 5.32 Å². The minimum absolute atomic E-state index is 0.261. The second kappa shape index (κ2) is 2.64. The molecule has 70 valence electrons. The standard InChI is InChI=1S/C12H12N2/c1-8-6-7-10-9-4-2-3-5-11(9)14-12(10)13-8/h2-7,12-14H,1H3. The molecule has 2 heteroatoms. The lowest BCUT2D eigenvalue weighted by atomic mass is 10.0. The maximum absolute atomic E-state index is 3.45. The predicted octanol–water partition coefficient (Wildman–Crippen LogP) is 2.33. The molecule has 3 rings (SSSR count). The van der Waals surface area contributed by atoms with Gasteiger partial charge in [0.2, 0.25) is 0 Å². The van der Waals surface area contributed by atoms with Gasteiger partial charge in [-0.05, 0) is 19.1 Å². The van der Waals surface area contributed by atoms with Crippen molar-refractivity contribution < 1.29 is 0 Å². The van der Waals surface area contributed by atoms with Crippen LogP contribution in [0, 0.1) is 0 Å². The summed E-state index contributed by atoms with van der Waals surface area (Å²) < 4.78 is 0. The number of benzene rings is 1. The van der Waals surface area contributed by atoms with Gasteiger partial charge in [0.15, 0.2) is 0 Å². The Morgan fingerprint density at radius 1 is 1.07 bits per heavy atom. The van der Waals surface area contributed by atoms with Gasteiger partial charge in [0.1, 0.15) is 6.17 Å². The molecule has 1 unspecified atom stereocenters. The van der Waals surface area contributed by atoms with Gasteiger partial charge in [-0.25, -0.2) is 0 Å². The van der Waals surface area contributed by atoms with Gasteiger partial charge in [0, 0.05) is 22.5 Å². The molecule has 0 fully saturated rings. The summed E-state index contributed by atoms with van der Waals surface area (Å²) in [5.41, 5.74) is 5.08. The van der Waals surface area contributed by atoms with E-state index in [1.54, 1.807) is 0 Å². The van der Waals surface area contributed by atoms with Crippen molar-refractivity contribution in [3.05, 3.63) is 47.7 Å². The molecular weight excluding hydrogens is 172 g/mol. The maximum atomic E-state index is 3.45. The number of rotatable bonds is 0. The summed E-state index contributed by atoms with van der Waals surface area (Å²) in [6.45, 7) is 2.08. The van der Waals surface area contributed by atoms with Gasteiger partial charge in [-0.2, -0.15) is 0 Å². The number of allylic oxidation sites excluding steroid dienone is 3. The fraction of sp³-hybridized carbons (Fsp3) is 0.167. The normalized spacial score (nSPS) is 22.5. The van der Waals surface area contributed by atoms with E-state index in [2.05, 4.69) is 54.0 Å². The molecule has 0 saturated heterocycles. The highest BCUT2D eigenvalue weighted by molar-refractivity contribution is 5.87. The van der Waals surface area contributed by atoms with Crippen LogP contribution in [0.1, 0.15) is 12.5 Å². The zero-order valence-electron chi connectivity index (χ0n) is 8.04. The van der Waals surface area contributed by atoms with Crippen molar-refractivity contribution in [2.45, 2.75) is 13.1 Å². The Bertz CT molecular complexity index is 443. The summed E-state index contributed by atoms with van der Waals surface area (Å²) in [6, 6.07) is 8.41. The van der Waals surface area contributed by atoms with E-state index < -0.39 is 0 Å². The van der Waals surface area contributed by atoms with Crippen LogP contribution in [0.15, 0.2) is 42.1 Å². The van der Waals surface area contributed by atoms with Gasteiger partial charge in [-0.15, -0.1) is 0 Å². The van der Waals surface area contributed by atoms with Crippen molar-refractivity contribution in [2.24, 2.45) is 0 Å². The molecule has 2 nitrogen and oxygen atoms in total. The molecule has 0 amide bonds. The molecule has 1 aromatic rings. The molecule has 0 saturated carbocycles. The summed E-state index contributed by atoms with van der Waals surface area (Å²) in [4.78, 5) is 0. The Labute approximate surface area is 83.3 Å². The van der Waals surface area contributed by atoms with E-state index in [0.29, 0.717) is 0 Å². The van der Waals surface area contributed by atoms with Crippen LogP contribution in [0.3, 0.4) is 0 Å². The predicted molar refractivity (Wildman–Crippen MR) is 58.7 cm³/mol. The van der Waals surface area contributed by atoms with Crippen LogP contribution in [0.2, 0.25) is 0 Å². The number of anilines is 1. The quantitative estimate of drug-likeness (QED) is 0.646. The highest BCUT2D eigenvalue weighted by atomic mass is 15.2. The Morgan fingerprint density at radius 2 is 1.93 bits per heavy atom. The first-order valence-corrected chi connectivity index (χ1v) is 4.85. The second-order valence-corrected chi connectivity index (χ2v) is 3.74. The third-order valence-electron chi connectivity index (χ3n) is 2.73. The van der Waals surface area contributed by atoms with Crippen LogP contribution in [-0.2, 0) is 0 Å². The van der Waals surface area contributed by atoms with Crippen LogP contribution >= 0.6 is 0 Å². The number of dihydropyridines is 1. The van der Waals surface area contributed by atoms with E-state index in [4.69, 9.17) is 0 Å². The lowest BCUT2D eigenvalue weighted by molar-refractivity contribution is 0.761. The zero-order valence-corrected chi connectivity index (χ0v) is 8.04. The van der Waals surface area contributed by atoms with Crippen LogP contribution < -0.4 is 10.6 Å². The van der Waals surface area contributed by atoms with Crippen molar-refractivity contribution in [3.8, 4) is 0 Å². The SMILES string of the molecule is CC1=CC=C2c3ccccc3NC2N1. The van der Waals surface area contributed by atoms with Gasteiger partial charge in [0.05, 0.1) is 0 Å². The number of para-hydroxylation sites is 1. The number of hydrogen-bond donors (Lipinski definition) is 2. The smallest absolute Gasteiger partial charge is 0.123 e. The van der Waals surface area contributed by atoms with Crippen LogP contribution in [-0.4, -0.2) is 6.17 Å². The summed E-state index contributed by atoms with van der Waals surface area (Å²) in [5.74, 6) is 0. The molecular formula is C12H12N2. The molecule has 2 aliphatic rings. The average molecular weight is 184 g/mol. The molecule has 0 bridgehead atoms. The third kappa shape index (κ3) is 0.970. The molecule has 14 heavy (non-hydrogen) atoms. The first-order chi connectivity index (χ1) is 6.84. The van der Waals surface area contributed by atoms with Crippen molar-refractivity contribution >= 4 is 11.3 Å². The summed E-state index contributed by atoms with van der Waals surface area (Å²) in [7, 11) is 0. The topological polar surface area (TPSA) is 24.1 Å². The van der Waals surface area contributed by atoms with Crippen molar-refractivity contribution in [1.29, 1.82) is 0 Å². The molecule has 0 spiro atoms. The van der Waals surface area contributed by atoms with Crippen LogP contribution in [0.4, 0.5) is 5.69 Å². The van der Waals surface area contributed by atoms with Gasteiger partial charge in [0.25, 0.3) is 0 Å². The number of hydrogen-bond acceptors (Lipinski definition) is 2. The van der Waals surface area contributed by atoms with Gasteiger partial charge in [-0.3, -0.25) is 0 Å². The molecule has 0 aromatic heterocycles. The minimum Gasteiger partial charge on any atom is -0.365 e. The Balaban J connectivity index is 2.13. The van der Waals surface area contributed by atoms with Crippen molar-refractivity contribution in [2.75, 3.05) is 5.32 Å². The second-order valence-electron chi connectivity index (χ2n) is 3.74. The van der Waals surface area contributed by atoms with Crippen molar-refractivity contribution in [3.63, 3.8) is 0 Å². The molecule has 1 atom stereocenters. The zero-order chi connectivity index (χ0) is 9.54. The Hall–Kier alpha value is -1.70. The highest BCUT2D eigenvalue weighted by Crippen LogP contribution is 2.35. The van der Waals surface area contributed by atoms with Crippen LogP contribution in [0.5, 0.6) is 0 Å². The summed E-state index contributed by atoms with van der Waals surface area (Å²) >= 11 is 0. The molecule has 0 aliphatic carbocycles. The van der Waals surface area contributed by atoms with Gasteiger partial charge < -0.3 is 10.6 Å². The fourth-order valence-corrected chi connectivity index (χ4v) is 2.04. The Morgan fingerprint density at radius 3 is 2.86 bits per heavy atom. The summed E-state index contributed by atoms with van der Waals surface area (Å²) in [6.07, 6.45) is 4.57. The lowest BCUT2D eigenvalue weighted by Gasteiger charge is -2.20. The maximum Gasteiger partial charge on any atom is 0.123 e. The molecule has 1 aromatic carbocycles. The molecule has 2 N–H and O–H groups in total. The van der Waals surface area contributed by atoms with E-state index in [1.807, 2.05) is 0 Å². The average Bonchev–Trinajstić information content (AvgIpc) is 2.54. The first-order valence-electron chi connectivity index (χ1n) is 4.85. The van der Waals surface area contributed by atoms with Crippen LogP contribution in [0.25, 0.3) is 5.57 Å². The minimum atomic E-state index is 0.261. The lowest BCUT2D eigenvalue weighted by Crippen LogP contribution is -2.33. The first kappa shape index (κ1) is 7.68. The number of nitrogens with one attached hydrogen (secondary N) is 2.